The molecule has 1 heterocycles. The standard InChI is InChI=1S/C20H25N3O3S/c24-20(22-17-4-2-1-3-5-17)23-18-6-8-19(9-7-18)27(25,26)15-12-16-10-13-21-14-11-16/h1-9,16,21H,10-15H2,(H2,22,23,24). The number of benzene rings is 2. The molecule has 2 aromatic carbocycles. The molecule has 0 saturated carbocycles. The van der Waals surface area contributed by atoms with Crippen LogP contribution < -0.4 is 16.0 Å². The number of piperidine rings is 1. The summed E-state index contributed by atoms with van der Waals surface area (Å²) in [5.41, 5.74) is 1.23. The first-order valence-corrected chi connectivity index (χ1v) is 10.8. The van der Waals surface area contributed by atoms with Crippen molar-refractivity contribution in [2.45, 2.75) is 24.2 Å². The van der Waals surface area contributed by atoms with Crippen LogP contribution in [0.5, 0.6) is 0 Å². The zero-order chi connectivity index (χ0) is 19.1. The number of carbonyl (C=O) groups excluding carboxylic acids is 1. The van der Waals surface area contributed by atoms with Crippen molar-refractivity contribution in [1.82, 2.24) is 5.32 Å². The highest BCUT2D eigenvalue weighted by molar-refractivity contribution is 7.91. The van der Waals surface area contributed by atoms with Crippen LogP contribution >= 0.6 is 0 Å². The SMILES string of the molecule is O=C(Nc1ccccc1)Nc1ccc(S(=O)(=O)CCC2CCNCC2)cc1. The van der Waals surface area contributed by atoms with E-state index in [1.165, 1.54) is 0 Å². The summed E-state index contributed by atoms with van der Waals surface area (Å²) in [6.07, 6.45) is 2.77. The molecule has 0 spiro atoms. The maximum absolute atomic E-state index is 12.5. The van der Waals surface area contributed by atoms with Crippen LogP contribution in [-0.2, 0) is 9.84 Å². The van der Waals surface area contributed by atoms with Gasteiger partial charge in [-0.3, -0.25) is 0 Å². The molecule has 144 valence electrons. The van der Waals surface area contributed by atoms with Gasteiger partial charge in [0.2, 0.25) is 0 Å². The van der Waals surface area contributed by atoms with Crippen molar-refractivity contribution in [2.75, 3.05) is 29.5 Å². The predicted octanol–water partition coefficient (Wildman–Crippen LogP) is 3.49. The third-order valence-corrected chi connectivity index (χ3v) is 6.52. The van der Waals surface area contributed by atoms with E-state index in [1.807, 2.05) is 18.2 Å². The number of hydrogen-bond acceptors (Lipinski definition) is 4. The quantitative estimate of drug-likeness (QED) is 0.708. The van der Waals surface area contributed by atoms with Gasteiger partial charge in [0.25, 0.3) is 0 Å². The Balaban J connectivity index is 1.54. The fourth-order valence-electron chi connectivity index (χ4n) is 3.17. The molecule has 0 bridgehead atoms. The van der Waals surface area contributed by atoms with E-state index < -0.39 is 9.84 Å². The number of nitrogens with one attached hydrogen (secondary N) is 3. The summed E-state index contributed by atoms with van der Waals surface area (Å²) >= 11 is 0. The van der Waals surface area contributed by atoms with Gasteiger partial charge in [0.1, 0.15) is 0 Å². The summed E-state index contributed by atoms with van der Waals surface area (Å²) in [4.78, 5) is 12.3. The minimum absolute atomic E-state index is 0.166. The fraction of sp³-hybridized carbons (Fsp3) is 0.350. The zero-order valence-electron chi connectivity index (χ0n) is 15.1. The number of hydrogen-bond donors (Lipinski definition) is 3. The average molecular weight is 388 g/mol. The van der Waals surface area contributed by atoms with Crippen LogP contribution in [0.15, 0.2) is 59.5 Å². The number of para-hydroxylation sites is 1. The number of anilines is 2. The van der Waals surface area contributed by atoms with Crippen molar-refractivity contribution in [3.63, 3.8) is 0 Å². The van der Waals surface area contributed by atoms with Gasteiger partial charge in [0, 0.05) is 11.4 Å². The average Bonchev–Trinajstić information content (AvgIpc) is 2.68. The van der Waals surface area contributed by atoms with E-state index in [0.29, 0.717) is 28.6 Å². The molecule has 1 fully saturated rings. The molecule has 3 N–H and O–H groups in total. The Morgan fingerprint density at radius 2 is 1.52 bits per heavy atom. The van der Waals surface area contributed by atoms with Gasteiger partial charge in [-0.2, -0.15) is 0 Å². The minimum Gasteiger partial charge on any atom is -0.317 e. The molecular formula is C20H25N3O3S. The molecule has 0 radical (unpaired) electrons. The lowest BCUT2D eigenvalue weighted by Crippen LogP contribution is -2.28. The highest BCUT2D eigenvalue weighted by Gasteiger charge is 2.19. The van der Waals surface area contributed by atoms with Crippen molar-refractivity contribution in [3.05, 3.63) is 54.6 Å². The highest BCUT2D eigenvalue weighted by atomic mass is 32.2. The second-order valence-corrected chi connectivity index (χ2v) is 8.88. The molecule has 1 aliphatic heterocycles. The number of rotatable bonds is 6. The Bertz CT molecular complexity index is 846. The first-order valence-electron chi connectivity index (χ1n) is 9.19. The summed E-state index contributed by atoms with van der Waals surface area (Å²) in [5, 5.41) is 8.71. The summed E-state index contributed by atoms with van der Waals surface area (Å²) in [6.45, 7) is 1.94. The number of carbonyl (C=O) groups is 1. The molecule has 0 aromatic heterocycles. The van der Waals surface area contributed by atoms with Gasteiger partial charge in [-0.05, 0) is 74.7 Å². The maximum Gasteiger partial charge on any atom is 0.323 e. The third-order valence-electron chi connectivity index (χ3n) is 4.76. The van der Waals surface area contributed by atoms with Gasteiger partial charge in [-0.15, -0.1) is 0 Å². The monoisotopic (exact) mass is 387 g/mol. The Morgan fingerprint density at radius 1 is 0.926 bits per heavy atom. The van der Waals surface area contributed by atoms with E-state index in [-0.39, 0.29) is 11.8 Å². The van der Waals surface area contributed by atoms with Crippen LogP contribution in [0, 0.1) is 5.92 Å². The van der Waals surface area contributed by atoms with E-state index in [0.717, 1.165) is 25.9 Å². The summed E-state index contributed by atoms with van der Waals surface area (Å²) in [7, 11) is -3.30. The second-order valence-electron chi connectivity index (χ2n) is 6.77. The van der Waals surface area contributed by atoms with Crippen LogP contribution in [0.4, 0.5) is 16.2 Å². The summed E-state index contributed by atoms with van der Waals surface area (Å²) in [6, 6.07) is 15.1. The van der Waals surface area contributed by atoms with Gasteiger partial charge < -0.3 is 16.0 Å². The molecular weight excluding hydrogens is 362 g/mol. The van der Waals surface area contributed by atoms with E-state index in [2.05, 4.69) is 16.0 Å². The number of amides is 2. The Morgan fingerprint density at radius 3 is 2.15 bits per heavy atom. The lowest BCUT2D eigenvalue weighted by molar-refractivity contribution is 0.262. The van der Waals surface area contributed by atoms with Gasteiger partial charge in [-0.1, -0.05) is 18.2 Å². The molecule has 3 rings (SSSR count). The first kappa shape index (κ1) is 19.4. The van der Waals surface area contributed by atoms with Gasteiger partial charge in [0.05, 0.1) is 10.6 Å². The largest absolute Gasteiger partial charge is 0.323 e. The molecule has 6 nitrogen and oxygen atoms in total. The highest BCUT2D eigenvalue weighted by Crippen LogP contribution is 2.21. The van der Waals surface area contributed by atoms with Crippen LogP contribution in [0.1, 0.15) is 19.3 Å². The smallest absolute Gasteiger partial charge is 0.317 e. The van der Waals surface area contributed by atoms with Crippen LogP contribution in [0.3, 0.4) is 0 Å². The molecule has 1 aliphatic rings. The molecule has 1 saturated heterocycles. The Kier molecular flexibility index (Phi) is 6.47. The van der Waals surface area contributed by atoms with Crippen molar-refractivity contribution in [2.24, 2.45) is 5.92 Å². The molecule has 7 heteroatoms. The molecule has 2 amide bonds. The van der Waals surface area contributed by atoms with E-state index in [9.17, 15) is 13.2 Å². The van der Waals surface area contributed by atoms with Crippen LogP contribution in [0.25, 0.3) is 0 Å². The van der Waals surface area contributed by atoms with Gasteiger partial charge in [-0.25, -0.2) is 13.2 Å². The Hall–Kier alpha value is -2.38. The van der Waals surface area contributed by atoms with Crippen molar-refractivity contribution >= 4 is 27.2 Å². The van der Waals surface area contributed by atoms with Crippen LogP contribution in [-0.4, -0.2) is 33.3 Å². The summed E-state index contributed by atoms with van der Waals surface area (Å²) < 4.78 is 25.1. The second kappa shape index (κ2) is 9.01. The van der Waals surface area contributed by atoms with Gasteiger partial charge >= 0.3 is 6.03 Å². The van der Waals surface area contributed by atoms with Crippen molar-refractivity contribution in [3.8, 4) is 0 Å². The number of sulfone groups is 1. The van der Waals surface area contributed by atoms with Crippen molar-refractivity contribution < 1.29 is 13.2 Å². The predicted molar refractivity (Wildman–Crippen MR) is 108 cm³/mol. The minimum atomic E-state index is -3.30. The lowest BCUT2D eigenvalue weighted by atomic mass is 9.96. The molecule has 0 aliphatic carbocycles. The molecule has 0 unspecified atom stereocenters. The normalized spacial score (nSPS) is 15.3. The Labute approximate surface area is 160 Å². The molecule has 0 atom stereocenters. The molecule has 27 heavy (non-hydrogen) atoms. The number of urea groups is 1. The summed E-state index contributed by atoms with van der Waals surface area (Å²) in [5.74, 6) is 0.641. The topological polar surface area (TPSA) is 87.3 Å². The van der Waals surface area contributed by atoms with E-state index >= 15 is 0 Å². The van der Waals surface area contributed by atoms with Gasteiger partial charge in [0.15, 0.2) is 9.84 Å². The third kappa shape index (κ3) is 5.80. The first-order chi connectivity index (χ1) is 13.0. The van der Waals surface area contributed by atoms with E-state index in [1.54, 1.807) is 36.4 Å². The molecule has 2 aromatic rings. The van der Waals surface area contributed by atoms with E-state index in [4.69, 9.17) is 0 Å². The zero-order valence-corrected chi connectivity index (χ0v) is 16.0. The maximum atomic E-state index is 12.5. The lowest BCUT2D eigenvalue weighted by Gasteiger charge is -2.22. The van der Waals surface area contributed by atoms with Crippen LogP contribution in [0.2, 0.25) is 0 Å². The fourth-order valence-corrected chi connectivity index (χ4v) is 4.60. The van der Waals surface area contributed by atoms with Crippen molar-refractivity contribution in [1.29, 1.82) is 0 Å².